The molecular weight excluding hydrogens is 252 g/mol. The molecule has 1 unspecified atom stereocenters. The van der Waals surface area contributed by atoms with Gasteiger partial charge in [-0.1, -0.05) is 0 Å². The van der Waals surface area contributed by atoms with Crippen molar-refractivity contribution in [2.75, 3.05) is 0 Å². The zero-order valence-corrected chi connectivity index (χ0v) is 10.0. The lowest BCUT2D eigenvalue weighted by molar-refractivity contribution is -0.139. The van der Waals surface area contributed by atoms with Gasteiger partial charge in [0, 0.05) is 18.3 Å². The van der Waals surface area contributed by atoms with E-state index >= 15 is 0 Å². The number of aliphatic carboxylic acids is 1. The number of aryl methyl sites for hydroxylation is 1. The molecule has 0 aliphatic heterocycles. The maximum absolute atomic E-state index is 11.8. The molecule has 19 heavy (non-hydrogen) atoms. The van der Waals surface area contributed by atoms with E-state index in [2.05, 4.69) is 30.5 Å². The highest BCUT2D eigenvalue weighted by molar-refractivity contribution is 5.93. The van der Waals surface area contributed by atoms with E-state index < -0.39 is 17.9 Å². The van der Waals surface area contributed by atoms with Crippen molar-refractivity contribution in [3.63, 3.8) is 0 Å². The summed E-state index contributed by atoms with van der Waals surface area (Å²) >= 11 is 0. The molecule has 0 aliphatic rings. The van der Waals surface area contributed by atoms with Crippen LogP contribution in [0.15, 0.2) is 12.5 Å². The summed E-state index contributed by atoms with van der Waals surface area (Å²) < 4.78 is 0. The number of hydrogen-bond donors (Lipinski definition) is 4. The number of nitrogens with zero attached hydrogens (tertiary/aromatic N) is 3. The number of aromatic nitrogens is 5. The molecule has 0 bridgehead atoms. The fourth-order valence-electron chi connectivity index (χ4n) is 1.48. The molecule has 9 nitrogen and oxygen atoms in total. The SMILES string of the molecule is Cc1nc(C(=O)NC(Cc2cnc[nH]2)C(=O)O)n[nH]1. The predicted molar refractivity (Wildman–Crippen MR) is 62.3 cm³/mol. The quantitative estimate of drug-likeness (QED) is 0.561. The van der Waals surface area contributed by atoms with Crippen molar-refractivity contribution < 1.29 is 14.7 Å². The van der Waals surface area contributed by atoms with Crippen LogP contribution in [0.3, 0.4) is 0 Å². The monoisotopic (exact) mass is 264 g/mol. The Balaban J connectivity index is 2.04. The van der Waals surface area contributed by atoms with Crippen LogP contribution in [0.25, 0.3) is 0 Å². The second-order valence-corrected chi connectivity index (χ2v) is 3.89. The molecule has 0 aromatic carbocycles. The minimum atomic E-state index is -1.14. The Kier molecular flexibility index (Phi) is 3.55. The van der Waals surface area contributed by atoms with E-state index in [9.17, 15) is 9.59 Å². The smallest absolute Gasteiger partial charge is 0.326 e. The average molecular weight is 264 g/mol. The molecule has 1 amide bonds. The second kappa shape index (κ2) is 5.29. The van der Waals surface area contributed by atoms with Crippen LogP contribution < -0.4 is 5.32 Å². The number of carbonyl (C=O) groups excluding carboxylic acids is 1. The fourth-order valence-corrected chi connectivity index (χ4v) is 1.48. The third-order valence-electron chi connectivity index (χ3n) is 2.38. The summed E-state index contributed by atoms with van der Waals surface area (Å²) in [5, 5.41) is 17.6. The van der Waals surface area contributed by atoms with E-state index in [1.165, 1.54) is 12.5 Å². The van der Waals surface area contributed by atoms with Gasteiger partial charge in [-0.05, 0) is 6.92 Å². The van der Waals surface area contributed by atoms with Gasteiger partial charge in [0.25, 0.3) is 5.91 Å². The van der Waals surface area contributed by atoms with Crippen molar-refractivity contribution >= 4 is 11.9 Å². The molecule has 100 valence electrons. The van der Waals surface area contributed by atoms with Crippen LogP contribution in [0.4, 0.5) is 0 Å². The number of amides is 1. The van der Waals surface area contributed by atoms with Crippen LogP contribution in [0.1, 0.15) is 22.1 Å². The summed E-state index contributed by atoms with van der Waals surface area (Å²) in [7, 11) is 0. The van der Waals surface area contributed by atoms with Gasteiger partial charge in [0.15, 0.2) is 0 Å². The number of carboxylic acids is 1. The first-order valence-corrected chi connectivity index (χ1v) is 5.46. The maximum Gasteiger partial charge on any atom is 0.326 e. The van der Waals surface area contributed by atoms with Crippen LogP contribution in [-0.4, -0.2) is 48.2 Å². The number of carbonyl (C=O) groups is 2. The predicted octanol–water partition coefficient (Wildman–Crippen LogP) is -0.738. The molecule has 0 spiro atoms. The van der Waals surface area contributed by atoms with Gasteiger partial charge in [0.1, 0.15) is 11.9 Å². The molecule has 1 atom stereocenters. The lowest BCUT2D eigenvalue weighted by Gasteiger charge is -2.11. The highest BCUT2D eigenvalue weighted by Crippen LogP contribution is 2.00. The topological polar surface area (TPSA) is 137 Å². The van der Waals surface area contributed by atoms with Gasteiger partial charge < -0.3 is 15.4 Å². The Morgan fingerprint density at radius 2 is 2.32 bits per heavy atom. The molecule has 0 saturated carbocycles. The molecule has 2 rings (SSSR count). The first-order valence-electron chi connectivity index (χ1n) is 5.46. The summed E-state index contributed by atoms with van der Waals surface area (Å²) in [5.41, 5.74) is 0.610. The van der Waals surface area contributed by atoms with E-state index in [4.69, 9.17) is 5.11 Å². The molecule has 0 aliphatic carbocycles. The highest BCUT2D eigenvalue weighted by Gasteiger charge is 2.23. The third-order valence-corrected chi connectivity index (χ3v) is 2.38. The van der Waals surface area contributed by atoms with Crippen LogP contribution >= 0.6 is 0 Å². The molecule has 0 fully saturated rings. The zero-order valence-electron chi connectivity index (χ0n) is 10.0. The maximum atomic E-state index is 11.8. The Morgan fingerprint density at radius 1 is 1.53 bits per heavy atom. The number of hydrogen-bond acceptors (Lipinski definition) is 5. The van der Waals surface area contributed by atoms with Crippen LogP contribution in [0, 0.1) is 6.92 Å². The Labute approximate surface area is 107 Å². The van der Waals surface area contributed by atoms with Crippen molar-refractivity contribution in [1.29, 1.82) is 0 Å². The lowest BCUT2D eigenvalue weighted by Crippen LogP contribution is -2.42. The highest BCUT2D eigenvalue weighted by atomic mass is 16.4. The van der Waals surface area contributed by atoms with E-state index in [0.717, 1.165) is 0 Å². The Bertz CT molecular complexity index is 576. The number of imidazole rings is 1. The molecule has 2 heterocycles. The van der Waals surface area contributed by atoms with Gasteiger partial charge >= 0.3 is 5.97 Å². The molecular formula is C10H12N6O3. The summed E-state index contributed by atoms with van der Waals surface area (Å²) in [4.78, 5) is 33.2. The normalized spacial score (nSPS) is 12.1. The average Bonchev–Trinajstić information content (AvgIpc) is 2.99. The van der Waals surface area contributed by atoms with Gasteiger partial charge in [0.05, 0.1) is 6.33 Å². The summed E-state index contributed by atoms with van der Waals surface area (Å²) in [5.74, 6) is -1.40. The van der Waals surface area contributed by atoms with E-state index in [0.29, 0.717) is 11.5 Å². The first kappa shape index (κ1) is 12.7. The molecule has 2 aromatic heterocycles. The van der Waals surface area contributed by atoms with E-state index in [1.807, 2.05) is 0 Å². The van der Waals surface area contributed by atoms with Crippen molar-refractivity contribution in [2.45, 2.75) is 19.4 Å². The van der Waals surface area contributed by atoms with Gasteiger partial charge in [-0.2, -0.15) is 0 Å². The van der Waals surface area contributed by atoms with Crippen molar-refractivity contribution in [3.05, 3.63) is 29.9 Å². The minimum absolute atomic E-state index is 0.0895. The zero-order chi connectivity index (χ0) is 13.8. The summed E-state index contributed by atoms with van der Waals surface area (Å²) in [6.07, 6.45) is 3.04. The molecule has 0 radical (unpaired) electrons. The number of carboxylic acid groups (broad SMARTS) is 1. The molecule has 9 heteroatoms. The van der Waals surface area contributed by atoms with E-state index in [1.54, 1.807) is 6.92 Å². The summed E-state index contributed by atoms with van der Waals surface area (Å²) in [6, 6.07) is -1.08. The number of aromatic amines is 2. The molecule has 2 aromatic rings. The fraction of sp³-hybridized carbons (Fsp3) is 0.300. The molecule has 4 N–H and O–H groups in total. The van der Waals surface area contributed by atoms with Gasteiger partial charge in [-0.25, -0.2) is 14.8 Å². The van der Waals surface area contributed by atoms with Crippen LogP contribution in [0.5, 0.6) is 0 Å². The number of rotatable bonds is 5. The lowest BCUT2D eigenvalue weighted by atomic mass is 10.1. The van der Waals surface area contributed by atoms with E-state index in [-0.39, 0.29) is 12.2 Å². The Hall–Kier alpha value is -2.71. The first-order chi connectivity index (χ1) is 9.06. The summed E-state index contributed by atoms with van der Waals surface area (Å²) in [6.45, 7) is 1.64. The number of nitrogens with one attached hydrogen (secondary N) is 3. The van der Waals surface area contributed by atoms with Crippen LogP contribution in [0.2, 0.25) is 0 Å². The standard InChI is InChI=1S/C10H12N6O3/c1-5-13-8(16-15-5)9(17)14-7(10(18)19)2-6-3-11-4-12-6/h3-4,7H,2H2,1H3,(H,11,12)(H,14,17)(H,18,19)(H,13,15,16). The third kappa shape index (κ3) is 3.15. The van der Waals surface area contributed by atoms with Gasteiger partial charge in [-0.3, -0.25) is 9.89 Å². The van der Waals surface area contributed by atoms with Crippen LogP contribution in [-0.2, 0) is 11.2 Å². The molecule has 0 saturated heterocycles. The van der Waals surface area contributed by atoms with Crippen molar-refractivity contribution in [1.82, 2.24) is 30.5 Å². The number of H-pyrrole nitrogens is 2. The van der Waals surface area contributed by atoms with Crippen molar-refractivity contribution in [2.24, 2.45) is 0 Å². The second-order valence-electron chi connectivity index (χ2n) is 3.89. The minimum Gasteiger partial charge on any atom is -0.480 e. The Morgan fingerprint density at radius 3 is 2.84 bits per heavy atom. The van der Waals surface area contributed by atoms with Gasteiger partial charge in [0.2, 0.25) is 5.82 Å². The van der Waals surface area contributed by atoms with Crippen molar-refractivity contribution in [3.8, 4) is 0 Å². The van der Waals surface area contributed by atoms with Gasteiger partial charge in [-0.15, -0.1) is 5.10 Å². The largest absolute Gasteiger partial charge is 0.480 e.